The molecule has 3 rings (SSSR count). The standard InChI is InChI=1S/C26H28F4O5/c1-3-4-5-12-33-23-11-10-21(15-22(23)27)35-25(32)19-7-6-18-14-20(9-8-17(18)13-19)34-24(31)16(2)26(28,29)30/h6-7,10-11,13,15-16,20H,3-5,8-9,12,14H2,1-2H3/t16-,20?/m0/s1. The number of unbranched alkanes of at least 4 members (excludes halogenated alkanes) is 2. The average Bonchev–Trinajstić information content (AvgIpc) is 2.81. The number of aryl methyl sites for hydroxylation is 1. The Balaban J connectivity index is 1.58. The molecule has 1 aliphatic carbocycles. The van der Waals surface area contributed by atoms with E-state index in [0.717, 1.165) is 43.4 Å². The molecule has 1 unspecified atom stereocenters. The molecule has 0 saturated heterocycles. The number of alkyl halides is 3. The van der Waals surface area contributed by atoms with Crippen LogP contribution >= 0.6 is 0 Å². The molecule has 1 aliphatic rings. The maximum Gasteiger partial charge on any atom is 0.401 e. The predicted molar refractivity (Wildman–Crippen MR) is 120 cm³/mol. The quantitative estimate of drug-likeness (QED) is 0.179. The summed E-state index contributed by atoms with van der Waals surface area (Å²) in [5.41, 5.74) is 1.85. The maximum atomic E-state index is 14.3. The second-order valence-corrected chi connectivity index (χ2v) is 8.59. The van der Waals surface area contributed by atoms with Gasteiger partial charge in [0.15, 0.2) is 11.6 Å². The van der Waals surface area contributed by atoms with Crippen LogP contribution in [0.3, 0.4) is 0 Å². The molecule has 0 bridgehead atoms. The number of hydrogen-bond donors (Lipinski definition) is 0. The fourth-order valence-electron chi connectivity index (χ4n) is 3.71. The summed E-state index contributed by atoms with van der Waals surface area (Å²) in [6.07, 6.45) is -1.46. The Morgan fingerprint density at radius 3 is 2.54 bits per heavy atom. The van der Waals surface area contributed by atoms with Crippen molar-refractivity contribution < 1.29 is 41.4 Å². The van der Waals surface area contributed by atoms with Crippen LogP contribution in [0.5, 0.6) is 11.5 Å². The highest BCUT2D eigenvalue weighted by Gasteiger charge is 2.43. The number of carbonyl (C=O) groups is 2. The molecule has 2 aromatic rings. The van der Waals surface area contributed by atoms with Gasteiger partial charge in [0.05, 0.1) is 12.2 Å². The topological polar surface area (TPSA) is 61.8 Å². The molecule has 9 heteroatoms. The zero-order valence-corrected chi connectivity index (χ0v) is 19.6. The van der Waals surface area contributed by atoms with Gasteiger partial charge in [-0.1, -0.05) is 25.8 Å². The van der Waals surface area contributed by atoms with E-state index in [0.29, 0.717) is 19.4 Å². The molecule has 35 heavy (non-hydrogen) atoms. The lowest BCUT2D eigenvalue weighted by atomic mass is 9.88. The van der Waals surface area contributed by atoms with Crippen molar-refractivity contribution in [1.82, 2.24) is 0 Å². The minimum Gasteiger partial charge on any atom is -0.491 e. The average molecular weight is 496 g/mol. The molecule has 0 N–H and O–H groups in total. The van der Waals surface area contributed by atoms with E-state index in [1.807, 2.05) is 0 Å². The van der Waals surface area contributed by atoms with Gasteiger partial charge in [0.25, 0.3) is 0 Å². The van der Waals surface area contributed by atoms with Crippen LogP contribution in [0.1, 0.15) is 61.0 Å². The largest absolute Gasteiger partial charge is 0.491 e. The van der Waals surface area contributed by atoms with Crippen molar-refractivity contribution in [2.45, 2.75) is 64.7 Å². The lowest BCUT2D eigenvalue weighted by molar-refractivity contribution is -0.197. The summed E-state index contributed by atoms with van der Waals surface area (Å²) in [5.74, 6) is -4.65. The number of rotatable bonds is 9. The molecular formula is C26H28F4O5. The third-order valence-electron chi connectivity index (χ3n) is 5.87. The van der Waals surface area contributed by atoms with Crippen LogP contribution in [0.15, 0.2) is 36.4 Å². The Labute approximate surface area is 201 Å². The summed E-state index contributed by atoms with van der Waals surface area (Å²) in [6.45, 7) is 3.24. The zero-order valence-electron chi connectivity index (χ0n) is 19.6. The van der Waals surface area contributed by atoms with Gasteiger partial charge in [-0.2, -0.15) is 13.2 Å². The highest BCUT2D eigenvalue weighted by atomic mass is 19.4. The Hall–Kier alpha value is -3.10. The number of halogens is 4. The highest BCUT2D eigenvalue weighted by Crippen LogP contribution is 2.30. The fourth-order valence-corrected chi connectivity index (χ4v) is 3.71. The van der Waals surface area contributed by atoms with E-state index in [4.69, 9.17) is 14.2 Å². The molecule has 0 radical (unpaired) electrons. The molecular weight excluding hydrogens is 468 g/mol. The van der Waals surface area contributed by atoms with Gasteiger partial charge in [0.1, 0.15) is 17.8 Å². The summed E-state index contributed by atoms with van der Waals surface area (Å²) in [7, 11) is 0. The molecule has 0 amide bonds. The number of esters is 2. The van der Waals surface area contributed by atoms with Crippen molar-refractivity contribution in [3.8, 4) is 11.5 Å². The van der Waals surface area contributed by atoms with Gasteiger partial charge < -0.3 is 14.2 Å². The fraction of sp³-hybridized carbons (Fsp3) is 0.462. The van der Waals surface area contributed by atoms with Gasteiger partial charge in [-0.25, -0.2) is 9.18 Å². The van der Waals surface area contributed by atoms with Gasteiger partial charge in [-0.3, -0.25) is 4.79 Å². The molecule has 0 heterocycles. The Bertz CT molecular complexity index is 1050. The molecule has 0 aromatic heterocycles. The molecule has 2 aromatic carbocycles. The number of benzene rings is 2. The summed E-state index contributed by atoms with van der Waals surface area (Å²) in [6, 6.07) is 8.77. The minimum atomic E-state index is -4.65. The Kier molecular flexibility index (Phi) is 8.75. The Morgan fingerprint density at radius 2 is 1.86 bits per heavy atom. The number of carbonyl (C=O) groups excluding carboxylic acids is 2. The lowest BCUT2D eigenvalue weighted by Crippen LogP contribution is -2.34. The van der Waals surface area contributed by atoms with Crippen molar-refractivity contribution in [2.24, 2.45) is 5.92 Å². The van der Waals surface area contributed by atoms with Crippen molar-refractivity contribution in [3.05, 3.63) is 58.9 Å². The molecule has 0 spiro atoms. The Morgan fingerprint density at radius 1 is 1.09 bits per heavy atom. The van der Waals surface area contributed by atoms with Gasteiger partial charge in [0.2, 0.25) is 0 Å². The van der Waals surface area contributed by atoms with E-state index < -0.39 is 36.0 Å². The third kappa shape index (κ3) is 7.19. The van der Waals surface area contributed by atoms with Crippen LogP contribution in [0.4, 0.5) is 17.6 Å². The predicted octanol–water partition coefficient (Wildman–Crippen LogP) is 6.21. The van der Waals surface area contributed by atoms with E-state index in [2.05, 4.69) is 6.92 Å². The van der Waals surface area contributed by atoms with Crippen molar-refractivity contribution in [1.29, 1.82) is 0 Å². The van der Waals surface area contributed by atoms with Gasteiger partial charge in [0, 0.05) is 12.5 Å². The van der Waals surface area contributed by atoms with E-state index in [-0.39, 0.29) is 23.5 Å². The third-order valence-corrected chi connectivity index (χ3v) is 5.87. The first-order valence-corrected chi connectivity index (χ1v) is 11.6. The summed E-state index contributed by atoms with van der Waals surface area (Å²) >= 11 is 0. The second kappa shape index (κ2) is 11.6. The van der Waals surface area contributed by atoms with Gasteiger partial charge >= 0.3 is 18.1 Å². The van der Waals surface area contributed by atoms with E-state index >= 15 is 0 Å². The van der Waals surface area contributed by atoms with Gasteiger partial charge in [-0.05, 0) is 61.6 Å². The van der Waals surface area contributed by atoms with Gasteiger partial charge in [-0.15, -0.1) is 0 Å². The summed E-state index contributed by atoms with van der Waals surface area (Å²) in [4.78, 5) is 24.3. The summed E-state index contributed by atoms with van der Waals surface area (Å²) < 4.78 is 68.2. The number of hydrogen-bond acceptors (Lipinski definition) is 5. The van der Waals surface area contributed by atoms with Crippen LogP contribution in [0.25, 0.3) is 0 Å². The van der Waals surface area contributed by atoms with Crippen LogP contribution in [0, 0.1) is 11.7 Å². The van der Waals surface area contributed by atoms with Crippen LogP contribution < -0.4 is 9.47 Å². The summed E-state index contributed by atoms with van der Waals surface area (Å²) in [5, 5.41) is 0. The van der Waals surface area contributed by atoms with Crippen molar-refractivity contribution in [3.63, 3.8) is 0 Å². The van der Waals surface area contributed by atoms with Crippen LogP contribution in [-0.2, 0) is 22.4 Å². The van der Waals surface area contributed by atoms with Crippen LogP contribution in [0.2, 0.25) is 0 Å². The molecule has 0 aliphatic heterocycles. The minimum absolute atomic E-state index is 0.0388. The molecule has 0 fully saturated rings. The number of fused-ring (bicyclic) bond motifs is 1. The SMILES string of the molecule is CCCCCOc1ccc(OC(=O)c2ccc3c(c2)CCC(OC(=O)[C@H](C)C(F)(F)F)C3)cc1F. The van der Waals surface area contributed by atoms with E-state index in [1.54, 1.807) is 12.1 Å². The van der Waals surface area contributed by atoms with Crippen LogP contribution in [-0.4, -0.2) is 30.8 Å². The van der Waals surface area contributed by atoms with Crippen molar-refractivity contribution in [2.75, 3.05) is 6.61 Å². The van der Waals surface area contributed by atoms with E-state index in [9.17, 15) is 27.2 Å². The normalized spacial score (nSPS) is 16.2. The smallest absolute Gasteiger partial charge is 0.401 e. The maximum absolute atomic E-state index is 14.3. The van der Waals surface area contributed by atoms with Crippen molar-refractivity contribution >= 4 is 11.9 Å². The first kappa shape index (κ1) is 26.5. The van der Waals surface area contributed by atoms with E-state index in [1.165, 1.54) is 18.2 Å². The first-order chi connectivity index (χ1) is 16.6. The monoisotopic (exact) mass is 496 g/mol. The second-order valence-electron chi connectivity index (χ2n) is 8.59. The molecule has 2 atom stereocenters. The lowest BCUT2D eigenvalue weighted by Gasteiger charge is -2.26. The highest BCUT2D eigenvalue weighted by molar-refractivity contribution is 5.91. The number of ether oxygens (including phenoxy) is 3. The molecule has 5 nitrogen and oxygen atoms in total. The first-order valence-electron chi connectivity index (χ1n) is 11.6. The molecule has 190 valence electrons. The molecule has 0 saturated carbocycles. The zero-order chi connectivity index (χ0) is 25.6.